The lowest BCUT2D eigenvalue weighted by atomic mass is 10.2. The molecule has 0 heterocycles. The van der Waals surface area contributed by atoms with Gasteiger partial charge in [0.2, 0.25) is 10.0 Å². The van der Waals surface area contributed by atoms with Gasteiger partial charge >= 0.3 is 0 Å². The van der Waals surface area contributed by atoms with Crippen molar-refractivity contribution in [2.75, 3.05) is 5.75 Å². The first-order chi connectivity index (χ1) is 9.93. The number of rotatable bonds is 7. The minimum absolute atomic E-state index is 0.00760. The van der Waals surface area contributed by atoms with Crippen molar-refractivity contribution < 1.29 is 12.8 Å². The standard InChI is InChI=1S/C16H29NO3SSi/c1-14(20-22(5,6)16(2,3)4)13-21(18,19)17-12-15-10-8-7-9-11-15/h7-11,14,17H,12-13H2,1-6H3/t14-/m0/s1. The molecule has 0 saturated heterocycles. The summed E-state index contributed by atoms with van der Waals surface area (Å²) in [5.41, 5.74) is 0.948. The van der Waals surface area contributed by atoms with Gasteiger partial charge < -0.3 is 4.43 Å². The summed E-state index contributed by atoms with van der Waals surface area (Å²) in [4.78, 5) is 0. The number of hydrogen-bond acceptors (Lipinski definition) is 3. The molecule has 0 radical (unpaired) electrons. The zero-order valence-corrected chi connectivity index (χ0v) is 16.3. The van der Waals surface area contributed by atoms with E-state index in [1.165, 1.54) is 0 Å². The van der Waals surface area contributed by atoms with Gasteiger partial charge in [-0.3, -0.25) is 0 Å². The highest BCUT2D eigenvalue weighted by molar-refractivity contribution is 7.89. The molecule has 4 nitrogen and oxygen atoms in total. The van der Waals surface area contributed by atoms with Gasteiger partial charge in [0.15, 0.2) is 8.32 Å². The summed E-state index contributed by atoms with van der Waals surface area (Å²) in [6.45, 7) is 12.9. The number of sulfonamides is 1. The van der Waals surface area contributed by atoms with Crippen LogP contribution in [0.25, 0.3) is 0 Å². The normalized spacial score (nSPS) is 14.8. The molecule has 0 bridgehead atoms. The van der Waals surface area contributed by atoms with Crippen LogP contribution in [0.5, 0.6) is 0 Å². The molecule has 1 aromatic carbocycles. The largest absolute Gasteiger partial charge is 0.413 e. The van der Waals surface area contributed by atoms with Crippen molar-refractivity contribution >= 4 is 18.3 Å². The molecular formula is C16H29NO3SSi. The number of hydrogen-bond donors (Lipinski definition) is 1. The van der Waals surface area contributed by atoms with Crippen molar-refractivity contribution in [3.8, 4) is 0 Å². The molecule has 1 rings (SSSR count). The summed E-state index contributed by atoms with van der Waals surface area (Å²) in [6, 6.07) is 9.50. The third kappa shape index (κ3) is 6.20. The van der Waals surface area contributed by atoms with E-state index in [1.807, 2.05) is 37.3 Å². The van der Waals surface area contributed by atoms with E-state index in [1.54, 1.807) is 0 Å². The molecule has 0 amide bonds. The van der Waals surface area contributed by atoms with Crippen molar-refractivity contribution in [1.29, 1.82) is 0 Å². The van der Waals surface area contributed by atoms with Crippen LogP contribution in [-0.2, 0) is 21.0 Å². The van der Waals surface area contributed by atoms with Crippen LogP contribution in [0.2, 0.25) is 18.1 Å². The van der Waals surface area contributed by atoms with Crippen molar-refractivity contribution in [2.24, 2.45) is 0 Å². The fourth-order valence-corrected chi connectivity index (χ4v) is 4.62. The fourth-order valence-electron chi connectivity index (χ4n) is 1.87. The predicted octanol–water partition coefficient (Wildman–Crippen LogP) is 3.52. The first-order valence-corrected chi connectivity index (χ1v) is 12.2. The molecule has 0 aromatic heterocycles. The Kier molecular flexibility index (Phi) is 6.38. The first kappa shape index (κ1) is 19.4. The quantitative estimate of drug-likeness (QED) is 0.771. The van der Waals surface area contributed by atoms with Crippen LogP contribution in [0.4, 0.5) is 0 Å². The minimum Gasteiger partial charge on any atom is -0.413 e. The third-order valence-corrected chi connectivity index (χ3v) is 10.2. The molecular weight excluding hydrogens is 314 g/mol. The van der Waals surface area contributed by atoms with Gasteiger partial charge in [0.05, 0.1) is 11.9 Å². The van der Waals surface area contributed by atoms with E-state index in [-0.39, 0.29) is 16.9 Å². The van der Waals surface area contributed by atoms with Gasteiger partial charge in [-0.25, -0.2) is 13.1 Å². The molecule has 1 atom stereocenters. The molecule has 1 N–H and O–H groups in total. The lowest BCUT2D eigenvalue weighted by Crippen LogP contribution is -2.45. The second-order valence-corrected chi connectivity index (χ2v) is 13.9. The summed E-state index contributed by atoms with van der Waals surface area (Å²) in [7, 11) is -5.30. The first-order valence-electron chi connectivity index (χ1n) is 7.62. The second-order valence-electron chi connectivity index (χ2n) is 7.28. The van der Waals surface area contributed by atoms with Gasteiger partial charge in [0.25, 0.3) is 0 Å². The fraction of sp³-hybridized carbons (Fsp3) is 0.625. The van der Waals surface area contributed by atoms with E-state index in [9.17, 15) is 8.42 Å². The van der Waals surface area contributed by atoms with Gasteiger partial charge in [-0.15, -0.1) is 0 Å². The lowest BCUT2D eigenvalue weighted by molar-refractivity contribution is 0.219. The number of nitrogens with one attached hydrogen (secondary N) is 1. The molecule has 0 fully saturated rings. The van der Waals surface area contributed by atoms with Gasteiger partial charge in [0, 0.05) is 6.54 Å². The van der Waals surface area contributed by atoms with Crippen molar-refractivity contribution in [3.05, 3.63) is 35.9 Å². The van der Waals surface area contributed by atoms with E-state index in [2.05, 4.69) is 38.6 Å². The molecule has 0 aliphatic rings. The van der Waals surface area contributed by atoms with E-state index in [0.29, 0.717) is 6.54 Å². The van der Waals surface area contributed by atoms with Crippen LogP contribution in [0.15, 0.2) is 30.3 Å². The van der Waals surface area contributed by atoms with E-state index < -0.39 is 18.3 Å². The van der Waals surface area contributed by atoms with E-state index in [0.717, 1.165) is 5.56 Å². The maximum Gasteiger partial charge on any atom is 0.214 e. The van der Waals surface area contributed by atoms with E-state index >= 15 is 0 Å². The van der Waals surface area contributed by atoms with Crippen LogP contribution in [0.1, 0.15) is 33.3 Å². The zero-order valence-electron chi connectivity index (χ0n) is 14.5. The molecule has 1 aromatic rings. The van der Waals surface area contributed by atoms with Gasteiger partial charge in [-0.05, 0) is 30.6 Å². The minimum atomic E-state index is -3.35. The molecule has 126 valence electrons. The Hall–Kier alpha value is -0.693. The highest BCUT2D eigenvalue weighted by Crippen LogP contribution is 2.37. The van der Waals surface area contributed by atoms with Crippen molar-refractivity contribution in [1.82, 2.24) is 4.72 Å². The average Bonchev–Trinajstić information content (AvgIpc) is 2.35. The van der Waals surface area contributed by atoms with Crippen LogP contribution in [-0.4, -0.2) is 28.6 Å². The molecule has 22 heavy (non-hydrogen) atoms. The smallest absolute Gasteiger partial charge is 0.214 e. The monoisotopic (exact) mass is 343 g/mol. The molecule has 0 spiro atoms. The Morgan fingerprint density at radius 1 is 1.18 bits per heavy atom. The molecule has 0 unspecified atom stereocenters. The summed E-state index contributed by atoms with van der Waals surface area (Å²) >= 11 is 0. The summed E-state index contributed by atoms with van der Waals surface area (Å²) in [5.74, 6) is -0.00760. The molecule has 6 heteroatoms. The summed E-state index contributed by atoms with van der Waals surface area (Å²) in [5, 5.41) is 0.0719. The maximum atomic E-state index is 12.2. The lowest BCUT2D eigenvalue weighted by Gasteiger charge is -2.38. The summed E-state index contributed by atoms with van der Waals surface area (Å²) in [6.07, 6.45) is -0.311. The zero-order chi connectivity index (χ0) is 17.0. The van der Waals surface area contributed by atoms with Crippen LogP contribution in [0, 0.1) is 0 Å². The highest BCUT2D eigenvalue weighted by atomic mass is 32.2. The Balaban J connectivity index is 2.57. The Bertz CT molecular complexity index is 565. The van der Waals surface area contributed by atoms with E-state index in [4.69, 9.17) is 4.43 Å². The number of benzene rings is 1. The summed E-state index contributed by atoms with van der Waals surface area (Å²) < 4.78 is 33.1. The Labute approximate surface area is 136 Å². The molecule has 0 aliphatic carbocycles. The molecule has 0 aliphatic heterocycles. The maximum absolute atomic E-state index is 12.2. The van der Waals surface area contributed by atoms with Crippen molar-refractivity contribution in [2.45, 2.75) is 58.5 Å². The predicted molar refractivity (Wildman–Crippen MR) is 94.8 cm³/mol. The van der Waals surface area contributed by atoms with Gasteiger partial charge in [-0.2, -0.15) is 0 Å². The Morgan fingerprint density at radius 2 is 1.73 bits per heavy atom. The van der Waals surface area contributed by atoms with Crippen LogP contribution >= 0.6 is 0 Å². The van der Waals surface area contributed by atoms with Crippen LogP contribution in [0.3, 0.4) is 0 Å². The Morgan fingerprint density at radius 3 is 2.23 bits per heavy atom. The third-order valence-electron chi connectivity index (χ3n) is 4.10. The second kappa shape index (κ2) is 7.25. The topological polar surface area (TPSA) is 55.4 Å². The average molecular weight is 344 g/mol. The van der Waals surface area contributed by atoms with Crippen molar-refractivity contribution in [3.63, 3.8) is 0 Å². The van der Waals surface area contributed by atoms with Gasteiger partial charge in [0.1, 0.15) is 0 Å². The highest BCUT2D eigenvalue weighted by Gasteiger charge is 2.39. The van der Waals surface area contributed by atoms with Gasteiger partial charge in [-0.1, -0.05) is 51.1 Å². The SMILES string of the molecule is C[C@@H](CS(=O)(=O)NCc1ccccc1)O[Si](C)(C)C(C)(C)C. The van der Waals surface area contributed by atoms with Crippen LogP contribution < -0.4 is 4.72 Å². The molecule has 0 saturated carbocycles.